The molecule has 110 valence electrons. The van der Waals surface area contributed by atoms with Gasteiger partial charge in [0, 0.05) is 12.6 Å². The molecular weight excluding hydrogens is 277 g/mol. The second-order valence-corrected chi connectivity index (χ2v) is 4.03. The van der Waals surface area contributed by atoms with E-state index >= 15 is 0 Å². The standard InChI is InChI=1S/C12H13F3N2O3/c1-6(17-11(19)20)7-4-3-5-8(9(7)13)12(14,15)10(18)16-2/h3-6,17H,1-2H3,(H,16,18)(H,19,20)/t6-/m1/s1. The number of carbonyl (C=O) groups is 2. The Morgan fingerprint density at radius 3 is 2.45 bits per heavy atom. The average Bonchev–Trinajstić information content (AvgIpc) is 2.36. The first-order valence-corrected chi connectivity index (χ1v) is 5.60. The molecule has 0 aliphatic heterocycles. The lowest BCUT2D eigenvalue weighted by Gasteiger charge is -2.19. The Bertz CT molecular complexity index is 535. The second-order valence-electron chi connectivity index (χ2n) is 4.03. The van der Waals surface area contributed by atoms with E-state index in [0.717, 1.165) is 19.2 Å². The summed E-state index contributed by atoms with van der Waals surface area (Å²) in [5, 5.41) is 12.2. The van der Waals surface area contributed by atoms with E-state index in [2.05, 4.69) is 0 Å². The number of carbonyl (C=O) groups excluding carboxylic acids is 1. The molecule has 1 aromatic carbocycles. The van der Waals surface area contributed by atoms with Crippen molar-refractivity contribution in [3.63, 3.8) is 0 Å². The highest BCUT2D eigenvalue weighted by molar-refractivity contribution is 5.84. The van der Waals surface area contributed by atoms with E-state index in [4.69, 9.17) is 5.11 Å². The molecule has 0 unspecified atom stereocenters. The third-order valence-corrected chi connectivity index (χ3v) is 2.69. The van der Waals surface area contributed by atoms with Gasteiger partial charge < -0.3 is 15.7 Å². The third-order valence-electron chi connectivity index (χ3n) is 2.69. The molecule has 0 saturated carbocycles. The number of carboxylic acid groups (broad SMARTS) is 1. The number of amides is 2. The van der Waals surface area contributed by atoms with Gasteiger partial charge in [-0.2, -0.15) is 8.78 Å². The van der Waals surface area contributed by atoms with Gasteiger partial charge in [0.05, 0.1) is 11.6 Å². The summed E-state index contributed by atoms with van der Waals surface area (Å²) in [4.78, 5) is 21.6. The molecular formula is C12H13F3N2O3. The monoisotopic (exact) mass is 290 g/mol. The number of likely N-dealkylation sites (N-methyl/N-ethyl adjacent to an activating group) is 1. The molecule has 0 aromatic heterocycles. The summed E-state index contributed by atoms with van der Waals surface area (Å²) in [7, 11) is 1.01. The second kappa shape index (κ2) is 5.81. The van der Waals surface area contributed by atoms with E-state index in [1.165, 1.54) is 13.0 Å². The van der Waals surface area contributed by atoms with Crippen molar-refractivity contribution in [3.8, 4) is 0 Å². The van der Waals surface area contributed by atoms with E-state index in [0.29, 0.717) is 0 Å². The van der Waals surface area contributed by atoms with Gasteiger partial charge in [0.15, 0.2) is 0 Å². The highest BCUT2D eigenvalue weighted by Gasteiger charge is 2.43. The molecule has 20 heavy (non-hydrogen) atoms. The summed E-state index contributed by atoms with van der Waals surface area (Å²) in [6.07, 6.45) is -1.42. The molecule has 0 fully saturated rings. The van der Waals surface area contributed by atoms with Crippen molar-refractivity contribution in [2.75, 3.05) is 7.05 Å². The lowest BCUT2D eigenvalue weighted by molar-refractivity contribution is -0.146. The number of benzene rings is 1. The Morgan fingerprint density at radius 1 is 1.35 bits per heavy atom. The minimum absolute atomic E-state index is 0.270. The lowest BCUT2D eigenvalue weighted by atomic mass is 9.99. The van der Waals surface area contributed by atoms with Crippen molar-refractivity contribution in [2.24, 2.45) is 0 Å². The summed E-state index contributed by atoms with van der Waals surface area (Å²) in [5.41, 5.74) is -1.37. The van der Waals surface area contributed by atoms with Gasteiger partial charge >= 0.3 is 12.0 Å². The Balaban J connectivity index is 3.26. The van der Waals surface area contributed by atoms with E-state index in [-0.39, 0.29) is 5.56 Å². The molecule has 2 amide bonds. The molecule has 0 aliphatic carbocycles. The molecule has 0 radical (unpaired) electrons. The molecule has 8 heteroatoms. The molecule has 1 aromatic rings. The number of hydrogen-bond acceptors (Lipinski definition) is 2. The highest BCUT2D eigenvalue weighted by atomic mass is 19.3. The predicted octanol–water partition coefficient (Wildman–Crippen LogP) is 1.99. The third kappa shape index (κ3) is 3.01. The molecule has 0 aliphatic rings. The van der Waals surface area contributed by atoms with Crippen LogP contribution in [0.15, 0.2) is 18.2 Å². The van der Waals surface area contributed by atoms with Crippen LogP contribution in [0.25, 0.3) is 0 Å². The van der Waals surface area contributed by atoms with Crippen LogP contribution in [-0.4, -0.2) is 24.2 Å². The van der Waals surface area contributed by atoms with Crippen molar-refractivity contribution in [2.45, 2.75) is 18.9 Å². The summed E-state index contributed by atoms with van der Waals surface area (Å²) in [6.45, 7) is 1.30. The fourth-order valence-electron chi connectivity index (χ4n) is 1.67. The molecule has 0 saturated heterocycles. The first-order chi connectivity index (χ1) is 9.21. The topological polar surface area (TPSA) is 78.4 Å². The van der Waals surface area contributed by atoms with Crippen LogP contribution < -0.4 is 10.6 Å². The fourth-order valence-corrected chi connectivity index (χ4v) is 1.67. The Hall–Kier alpha value is -2.25. The zero-order chi connectivity index (χ0) is 15.5. The average molecular weight is 290 g/mol. The van der Waals surface area contributed by atoms with E-state index in [1.54, 1.807) is 5.32 Å². The van der Waals surface area contributed by atoms with Gasteiger partial charge in [-0.25, -0.2) is 9.18 Å². The van der Waals surface area contributed by atoms with Gasteiger partial charge in [0.25, 0.3) is 5.91 Å². The molecule has 0 heterocycles. The minimum Gasteiger partial charge on any atom is -0.465 e. The summed E-state index contributed by atoms with van der Waals surface area (Å²) in [6, 6.07) is 2.04. The van der Waals surface area contributed by atoms with Crippen LogP contribution in [0.2, 0.25) is 0 Å². The van der Waals surface area contributed by atoms with Gasteiger partial charge in [-0.15, -0.1) is 0 Å². The smallest absolute Gasteiger partial charge is 0.405 e. The van der Waals surface area contributed by atoms with E-state index < -0.39 is 35.3 Å². The Kier molecular flexibility index (Phi) is 4.59. The number of halogens is 3. The van der Waals surface area contributed by atoms with Crippen molar-refractivity contribution >= 4 is 12.0 Å². The SMILES string of the molecule is CNC(=O)C(F)(F)c1cccc([C@@H](C)NC(=O)O)c1F. The normalized spacial score (nSPS) is 12.7. The summed E-state index contributed by atoms with van der Waals surface area (Å²) < 4.78 is 41.5. The number of hydrogen-bond donors (Lipinski definition) is 3. The van der Waals surface area contributed by atoms with Crippen LogP contribution in [0.3, 0.4) is 0 Å². The highest BCUT2D eigenvalue weighted by Crippen LogP contribution is 2.33. The quantitative estimate of drug-likeness (QED) is 0.793. The largest absolute Gasteiger partial charge is 0.465 e. The molecule has 5 nitrogen and oxygen atoms in total. The van der Waals surface area contributed by atoms with Crippen LogP contribution in [0.5, 0.6) is 0 Å². The molecule has 0 bridgehead atoms. The number of rotatable bonds is 4. The Labute approximate surface area is 112 Å². The van der Waals surface area contributed by atoms with Gasteiger partial charge in [-0.05, 0) is 13.0 Å². The summed E-state index contributed by atoms with van der Waals surface area (Å²) >= 11 is 0. The maximum atomic E-state index is 14.1. The van der Waals surface area contributed by atoms with Crippen molar-refractivity contribution in [1.82, 2.24) is 10.6 Å². The Morgan fingerprint density at radius 2 is 1.95 bits per heavy atom. The van der Waals surface area contributed by atoms with Crippen LogP contribution in [0, 0.1) is 5.82 Å². The number of alkyl halides is 2. The van der Waals surface area contributed by atoms with Crippen LogP contribution >= 0.6 is 0 Å². The molecule has 0 spiro atoms. The zero-order valence-corrected chi connectivity index (χ0v) is 10.7. The fraction of sp³-hybridized carbons (Fsp3) is 0.333. The van der Waals surface area contributed by atoms with E-state index in [1.807, 2.05) is 5.32 Å². The van der Waals surface area contributed by atoms with Crippen molar-refractivity contribution < 1.29 is 27.9 Å². The zero-order valence-electron chi connectivity index (χ0n) is 10.7. The van der Waals surface area contributed by atoms with Gasteiger partial charge in [-0.1, -0.05) is 12.1 Å². The van der Waals surface area contributed by atoms with Crippen molar-refractivity contribution in [3.05, 3.63) is 35.1 Å². The predicted molar refractivity (Wildman–Crippen MR) is 63.9 cm³/mol. The minimum atomic E-state index is -4.04. The van der Waals surface area contributed by atoms with Crippen LogP contribution in [-0.2, 0) is 10.7 Å². The molecule has 3 N–H and O–H groups in total. The first kappa shape index (κ1) is 15.8. The van der Waals surface area contributed by atoms with Crippen LogP contribution in [0.4, 0.5) is 18.0 Å². The molecule has 1 atom stereocenters. The van der Waals surface area contributed by atoms with Gasteiger partial charge in [-0.3, -0.25) is 4.79 Å². The summed E-state index contributed by atoms with van der Waals surface area (Å²) in [5.74, 6) is -7.01. The first-order valence-electron chi connectivity index (χ1n) is 5.60. The van der Waals surface area contributed by atoms with Crippen LogP contribution in [0.1, 0.15) is 24.1 Å². The van der Waals surface area contributed by atoms with Crippen molar-refractivity contribution in [1.29, 1.82) is 0 Å². The van der Waals surface area contributed by atoms with E-state index in [9.17, 15) is 22.8 Å². The molecule has 1 rings (SSSR count). The van der Waals surface area contributed by atoms with Gasteiger partial charge in [0.2, 0.25) is 0 Å². The maximum Gasteiger partial charge on any atom is 0.405 e. The lowest BCUT2D eigenvalue weighted by Crippen LogP contribution is -2.37. The van der Waals surface area contributed by atoms with Gasteiger partial charge in [0.1, 0.15) is 5.82 Å². The maximum absolute atomic E-state index is 14.1. The number of nitrogens with one attached hydrogen (secondary N) is 2.